The zero-order valence-electron chi connectivity index (χ0n) is 53.7. The Bertz CT molecular complexity index is 1150. The van der Waals surface area contributed by atoms with Gasteiger partial charge < -0.3 is 15.5 Å². The molecule has 0 radical (unpaired) electrons. The molecule has 0 aliphatic heterocycles. The minimum absolute atomic E-state index is 0.0636. The van der Waals surface area contributed by atoms with Gasteiger partial charge in [-0.25, -0.2) is 0 Å². The van der Waals surface area contributed by atoms with E-state index in [9.17, 15) is 15.0 Å². The van der Waals surface area contributed by atoms with E-state index in [0.29, 0.717) is 6.42 Å². The van der Waals surface area contributed by atoms with Crippen molar-refractivity contribution in [2.75, 3.05) is 6.61 Å². The van der Waals surface area contributed by atoms with E-state index in [1.165, 1.54) is 372 Å². The van der Waals surface area contributed by atoms with E-state index in [-0.39, 0.29) is 12.5 Å². The van der Waals surface area contributed by atoms with E-state index in [1.807, 2.05) is 6.08 Å². The smallest absolute Gasteiger partial charge is 0.220 e. The summed E-state index contributed by atoms with van der Waals surface area (Å²) in [7, 11) is 0. The summed E-state index contributed by atoms with van der Waals surface area (Å²) >= 11 is 0. The van der Waals surface area contributed by atoms with Crippen molar-refractivity contribution in [3.05, 3.63) is 24.3 Å². The topological polar surface area (TPSA) is 69.6 Å². The molecule has 4 heteroatoms. The number of amides is 1. The first-order valence-corrected chi connectivity index (χ1v) is 36.6. The van der Waals surface area contributed by atoms with Gasteiger partial charge in [-0.1, -0.05) is 411 Å². The summed E-state index contributed by atoms with van der Waals surface area (Å²) in [6.45, 7) is 4.36. The van der Waals surface area contributed by atoms with Crippen LogP contribution in [0, 0.1) is 0 Å². The third-order valence-electron chi connectivity index (χ3n) is 17.4. The van der Waals surface area contributed by atoms with Crippen LogP contribution >= 0.6 is 0 Å². The summed E-state index contributed by atoms with van der Waals surface area (Å²) in [6.07, 6.45) is 95.9. The third-order valence-corrected chi connectivity index (χ3v) is 17.4. The first kappa shape index (κ1) is 76.9. The highest BCUT2D eigenvalue weighted by Gasteiger charge is 2.18. The monoisotopic (exact) mass is 1100 g/mol. The number of nitrogens with one attached hydrogen (secondary N) is 1. The number of carbonyl (C=O) groups excluding carboxylic acids is 1. The fourth-order valence-corrected chi connectivity index (χ4v) is 11.9. The van der Waals surface area contributed by atoms with E-state index in [1.54, 1.807) is 6.08 Å². The van der Waals surface area contributed by atoms with Crippen molar-refractivity contribution >= 4 is 5.91 Å². The summed E-state index contributed by atoms with van der Waals surface area (Å²) in [6, 6.07) is -0.638. The van der Waals surface area contributed by atoms with Gasteiger partial charge in [0.25, 0.3) is 0 Å². The lowest BCUT2D eigenvalue weighted by Gasteiger charge is -2.19. The van der Waals surface area contributed by atoms with Gasteiger partial charge in [-0.05, 0) is 32.1 Å². The minimum Gasteiger partial charge on any atom is -0.394 e. The van der Waals surface area contributed by atoms with Crippen molar-refractivity contribution in [1.82, 2.24) is 5.32 Å². The van der Waals surface area contributed by atoms with Crippen LogP contribution in [0.15, 0.2) is 24.3 Å². The Morgan fingerprint density at radius 1 is 0.295 bits per heavy atom. The first-order valence-electron chi connectivity index (χ1n) is 36.6. The van der Waals surface area contributed by atoms with Crippen molar-refractivity contribution in [2.24, 2.45) is 0 Å². The SMILES string of the molecule is CCCCCCCCCCCCCCCCCCCCCCCC/C=C/CC/C=C/C(O)C(CO)NC(=O)CCCCCCCCCCCCCCCCCCCCCCCCCCCCCCCCCCCCCCCC. The van der Waals surface area contributed by atoms with Crippen LogP contribution in [0.3, 0.4) is 0 Å². The Morgan fingerprint density at radius 3 is 0.744 bits per heavy atom. The van der Waals surface area contributed by atoms with E-state index in [4.69, 9.17) is 0 Å². The van der Waals surface area contributed by atoms with Crippen molar-refractivity contribution in [2.45, 2.75) is 437 Å². The van der Waals surface area contributed by atoms with E-state index in [0.717, 1.165) is 32.1 Å². The molecule has 0 aliphatic rings. The van der Waals surface area contributed by atoms with Gasteiger partial charge in [0.2, 0.25) is 5.91 Å². The van der Waals surface area contributed by atoms with Gasteiger partial charge in [-0.2, -0.15) is 0 Å². The second-order valence-corrected chi connectivity index (χ2v) is 25.4. The molecule has 2 atom stereocenters. The maximum absolute atomic E-state index is 12.5. The van der Waals surface area contributed by atoms with Crippen LogP contribution in [0.4, 0.5) is 0 Å². The largest absolute Gasteiger partial charge is 0.394 e. The average Bonchev–Trinajstić information content (AvgIpc) is 3.44. The van der Waals surface area contributed by atoms with Gasteiger partial charge in [0.05, 0.1) is 18.8 Å². The van der Waals surface area contributed by atoms with Gasteiger partial charge in [0, 0.05) is 6.42 Å². The molecule has 3 N–H and O–H groups in total. The van der Waals surface area contributed by atoms with E-state index >= 15 is 0 Å². The van der Waals surface area contributed by atoms with Crippen LogP contribution in [-0.4, -0.2) is 34.9 Å². The van der Waals surface area contributed by atoms with Crippen LogP contribution in [0.1, 0.15) is 425 Å². The second kappa shape index (κ2) is 70.1. The molecule has 0 heterocycles. The number of rotatable bonds is 69. The molecule has 0 bridgehead atoms. The van der Waals surface area contributed by atoms with Gasteiger partial charge in [-0.3, -0.25) is 4.79 Å². The Morgan fingerprint density at radius 2 is 0.500 bits per heavy atom. The fourth-order valence-electron chi connectivity index (χ4n) is 11.9. The zero-order valence-corrected chi connectivity index (χ0v) is 53.7. The molecule has 0 aromatic rings. The van der Waals surface area contributed by atoms with Crippen molar-refractivity contribution < 1.29 is 15.0 Å². The molecule has 0 saturated carbocycles. The molecule has 1 amide bonds. The molecule has 4 nitrogen and oxygen atoms in total. The van der Waals surface area contributed by atoms with Gasteiger partial charge in [0.15, 0.2) is 0 Å². The normalized spacial score (nSPS) is 12.7. The molecule has 0 saturated heterocycles. The van der Waals surface area contributed by atoms with Gasteiger partial charge >= 0.3 is 0 Å². The molecule has 0 aromatic carbocycles. The highest BCUT2D eigenvalue weighted by atomic mass is 16.3. The summed E-state index contributed by atoms with van der Waals surface area (Å²) in [4.78, 5) is 12.5. The van der Waals surface area contributed by atoms with E-state index in [2.05, 4.69) is 31.3 Å². The molecule has 78 heavy (non-hydrogen) atoms. The lowest BCUT2D eigenvalue weighted by molar-refractivity contribution is -0.123. The second-order valence-electron chi connectivity index (χ2n) is 25.4. The highest BCUT2D eigenvalue weighted by molar-refractivity contribution is 5.76. The lowest BCUT2D eigenvalue weighted by Crippen LogP contribution is -2.45. The molecule has 0 rings (SSSR count). The average molecular weight is 1100 g/mol. The molecule has 0 aromatic heterocycles. The van der Waals surface area contributed by atoms with Crippen molar-refractivity contribution in [3.8, 4) is 0 Å². The van der Waals surface area contributed by atoms with Crippen LogP contribution in [0.5, 0.6) is 0 Å². The first-order chi connectivity index (χ1) is 38.7. The molecule has 0 fully saturated rings. The highest BCUT2D eigenvalue weighted by Crippen LogP contribution is 2.20. The van der Waals surface area contributed by atoms with E-state index < -0.39 is 12.1 Å². The fraction of sp³-hybridized carbons (Fsp3) is 0.932. The predicted molar refractivity (Wildman–Crippen MR) is 350 cm³/mol. The summed E-state index contributed by atoms with van der Waals surface area (Å²) in [5.74, 6) is -0.0636. The number of unbranched alkanes of at least 4 members (excludes halogenated alkanes) is 60. The Kier molecular flexibility index (Phi) is 69.1. The number of aliphatic hydroxyl groups is 2. The van der Waals surface area contributed by atoms with Crippen molar-refractivity contribution in [3.63, 3.8) is 0 Å². The molecule has 464 valence electrons. The maximum Gasteiger partial charge on any atom is 0.220 e. The summed E-state index contributed by atoms with van der Waals surface area (Å²) in [5.41, 5.74) is 0. The molecule has 2 unspecified atom stereocenters. The number of hydrogen-bond acceptors (Lipinski definition) is 3. The van der Waals surface area contributed by atoms with Crippen LogP contribution in [0.2, 0.25) is 0 Å². The summed E-state index contributed by atoms with van der Waals surface area (Å²) in [5, 5.41) is 23.3. The Labute approximate surface area is 491 Å². The molecule has 0 spiro atoms. The maximum atomic E-state index is 12.5. The molecular weight excluding hydrogens is 951 g/mol. The quantitative estimate of drug-likeness (QED) is 0.0420. The number of allylic oxidation sites excluding steroid dienone is 3. The Hall–Kier alpha value is -1.13. The van der Waals surface area contributed by atoms with Crippen molar-refractivity contribution in [1.29, 1.82) is 0 Å². The van der Waals surface area contributed by atoms with Crippen LogP contribution in [0.25, 0.3) is 0 Å². The third kappa shape index (κ3) is 65.7. The standard InChI is InChI=1S/C74H145NO3/c1-3-5-7-9-11-13-15-17-19-21-23-25-27-29-31-33-34-35-36-37-38-39-40-41-42-44-46-48-50-52-54-56-58-60-62-64-66-68-70-74(78)75-72(71-76)73(77)69-67-65-63-61-59-57-55-53-51-49-47-45-43-32-30-28-26-24-22-20-18-16-14-12-10-8-6-4-2/h59,61,67,69,72-73,76-77H,3-58,60,62-66,68,70-71H2,1-2H3,(H,75,78)/b61-59+,69-67+. The number of carbonyl (C=O) groups is 1. The van der Waals surface area contributed by atoms with Gasteiger partial charge in [0.1, 0.15) is 0 Å². The number of hydrogen-bond donors (Lipinski definition) is 3. The minimum atomic E-state index is -0.861. The summed E-state index contributed by atoms with van der Waals surface area (Å²) < 4.78 is 0. The number of aliphatic hydroxyl groups excluding tert-OH is 2. The molecule has 0 aliphatic carbocycles. The van der Waals surface area contributed by atoms with Crippen LogP contribution in [-0.2, 0) is 4.79 Å². The Balaban J connectivity index is 3.40. The predicted octanol–water partition coefficient (Wildman–Crippen LogP) is 24.9. The van der Waals surface area contributed by atoms with Crippen LogP contribution < -0.4 is 5.32 Å². The van der Waals surface area contributed by atoms with Gasteiger partial charge in [-0.15, -0.1) is 0 Å². The zero-order chi connectivity index (χ0) is 56.2. The lowest BCUT2D eigenvalue weighted by atomic mass is 10.0. The molecular formula is C74H145NO3.